The van der Waals surface area contributed by atoms with E-state index in [2.05, 4.69) is 4.74 Å². The van der Waals surface area contributed by atoms with Gasteiger partial charge in [-0.05, 0) is 20.3 Å². The molecule has 0 amide bonds. The third-order valence-corrected chi connectivity index (χ3v) is 2.21. The monoisotopic (exact) mass is 244 g/mol. The van der Waals surface area contributed by atoms with Gasteiger partial charge in [-0.2, -0.15) is 0 Å². The van der Waals surface area contributed by atoms with Crippen molar-refractivity contribution in [3.8, 4) is 0 Å². The van der Waals surface area contributed by atoms with Crippen molar-refractivity contribution in [1.29, 1.82) is 0 Å². The van der Waals surface area contributed by atoms with Crippen LogP contribution >= 0.6 is 0 Å². The van der Waals surface area contributed by atoms with Gasteiger partial charge in [-0.25, -0.2) is 4.79 Å². The molecule has 0 bridgehead atoms. The van der Waals surface area contributed by atoms with Crippen LogP contribution in [0.1, 0.15) is 40.0 Å². The number of carbonyl (C=O) groups excluding carboxylic acids is 3. The molecule has 1 unspecified atom stereocenters. The standard InChI is InChI=1S/C12H20O5/c1-4-7-8-9(11(14)16-5-2)10(13)12(15)17-6-3/h9H,4-8H2,1-3H3. The summed E-state index contributed by atoms with van der Waals surface area (Å²) < 4.78 is 9.38. The Morgan fingerprint density at radius 2 is 1.59 bits per heavy atom. The summed E-state index contributed by atoms with van der Waals surface area (Å²) >= 11 is 0. The molecule has 0 aliphatic heterocycles. The van der Waals surface area contributed by atoms with Gasteiger partial charge < -0.3 is 9.47 Å². The summed E-state index contributed by atoms with van der Waals surface area (Å²) in [7, 11) is 0. The predicted molar refractivity (Wildman–Crippen MR) is 61.3 cm³/mol. The van der Waals surface area contributed by atoms with Crippen molar-refractivity contribution in [1.82, 2.24) is 0 Å². The first-order valence-electron chi connectivity index (χ1n) is 5.95. The Morgan fingerprint density at radius 1 is 1.00 bits per heavy atom. The summed E-state index contributed by atoms with van der Waals surface area (Å²) in [5, 5.41) is 0. The first-order chi connectivity index (χ1) is 8.08. The van der Waals surface area contributed by atoms with Crippen molar-refractivity contribution in [3.05, 3.63) is 0 Å². The van der Waals surface area contributed by atoms with Gasteiger partial charge in [0, 0.05) is 0 Å². The van der Waals surface area contributed by atoms with E-state index in [9.17, 15) is 14.4 Å². The zero-order chi connectivity index (χ0) is 13.3. The Balaban J connectivity index is 4.60. The molecule has 0 spiro atoms. The van der Waals surface area contributed by atoms with E-state index in [4.69, 9.17) is 4.74 Å². The summed E-state index contributed by atoms with van der Waals surface area (Å²) in [5.74, 6) is -3.42. The minimum Gasteiger partial charge on any atom is -0.465 e. The van der Waals surface area contributed by atoms with Crippen molar-refractivity contribution in [3.63, 3.8) is 0 Å². The molecule has 0 N–H and O–H groups in total. The molecule has 0 aliphatic carbocycles. The highest BCUT2D eigenvalue weighted by molar-refractivity contribution is 6.37. The molecule has 0 aromatic heterocycles. The minimum atomic E-state index is -1.02. The fraction of sp³-hybridized carbons (Fsp3) is 0.750. The van der Waals surface area contributed by atoms with Crippen LogP contribution in [-0.2, 0) is 23.9 Å². The van der Waals surface area contributed by atoms with Gasteiger partial charge >= 0.3 is 11.9 Å². The maximum atomic E-state index is 11.7. The summed E-state index contributed by atoms with van der Waals surface area (Å²) in [6.07, 6.45) is 1.85. The first-order valence-corrected chi connectivity index (χ1v) is 5.95. The number of ether oxygens (including phenoxy) is 2. The van der Waals surface area contributed by atoms with Crippen LogP contribution in [0.15, 0.2) is 0 Å². The molecular weight excluding hydrogens is 224 g/mol. The predicted octanol–water partition coefficient (Wildman–Crippen LogP) is 1.49. The van der Waals surface area contributed by atoms with Crippen molar-refractivity contribution < 1.29 is 23.9 Å². The van der Waals surface area contributed by atoms with E-state index in [-0.39, 0.29) is 13.2 Å². The second kappa shape index (κ2) is 8.73. The first kappa shape index (κ1) is 15.6. The Kier molecular flexibility index (Phi) is 8.01. The topological polar surface area (TPSA) is 69.7 Å². The molecule has 5 heteroatoms. The van der Waals surface area contributed by atoms with Crippen LogP contribution in [0, 0.1) is 5.92 Å². The Labute approximate surface area is 101 Å². The zero-order valence-electron chi connectivity index (χ0n) is 10.7. The van der Waals surface area contributed by atoms with Crippen LogP contribution in [0.2, 0.25) is 0 Å². The van der Waals surface area contributed by atoms with Crippen molar-refractivity contribution >= 4 is 17.7 Å². The molecule has 0 aliphatic rings. The Hall–Kier alpha value is -1.39. The molecular formula is C12H20O5. The second-order valence-corrected chi connectivity index (χ2v) is 3.53. The van der Waals surface area contributed by atoms with Crippen molar-refractivity contribution in [2.45, 2.75) is 40.0 Å². The SMILES string of the molecule is CCCCC(C(=O)OCC)C(=O)C(=O)OCC. The molecule has 0 saturated carbocycles. The van der Waals surface area contributed by atoms with Gasteiger partial charge in [0.15, 0.2) is 0 Å². The lowest BCUT2D eigenvalue weighted by Gasteiger charge is -2.12. The van der Waals surface area contributed by atoms with Crippen LogP contribution < -0.4 is 0 Å². The number of hydrogen-bond donors (Lipinski definition) is 0. The highest BCUT2D eigenvalue weighted by Crippen LogP contribution is 2.13. The summed E-state index contributed by atoms with van der Waals surface area (Å²) in [4.78, 5) is 34.5. The van der Waals surface area contributed by atoms with Gasteiger partial charge in [0.2, 0.25) is 0 Å². The largest absolute Gasteiger partial charge is 0.465 e. The van der Waals surface area contributed by atoms with Crippen LogP contribution in [-0.4, -0.2) is 30.9 Å². The van der Waals surface area contributed by atoms with Gasteiger partial charge in [0.25, 0.3) is 5.78 Å². The number of carbonyl (C=O) groups is 3. The summed E-state index contributed by atoms with van der Waals surface area (Å²) in [5.41, 5.74) is 0. The van der Waals surface area contributed by atoms with E-state index in [1.165, 1.54) is 0 Å². The molecule has 0 radical (unpaired) electrons. The van der Waals surface area contributed by atoms with E-state index in [0.29, 0.717) is 12.8 Å². The van der Waals surface area contributed by atoms with Gasteiger partial charge in [-0.3, -0.25) is 9.59 Å². The highest BCUT2D eigenvalue weighted by Gasteiger charge is 2.33. The Morgan fingerprint density at radius 3 is 2.06 bits per heavy atom. The fourth-order valence-corrected chi connectivity index (χ4v) is 1.35. The van der Waals surface area contributed by atoms with Gasteiger partial charge in [-0.15, -0.1) is 0 Å². The lowest BCUT2D eigenvalue weighted by Crippen LogP contribution is -2.33. The maximum absolute atomic E-state index is 11.7. The van der Waals surface area contributed by atoms with Gasteiger partial charge in [-0.1, -0.05) is 19.8 Å². The number of rotatable bonds is 8. The Bertz CT molecular complexity index is 272. The molecule has 0 aromatic rings. The van der Waals surface area contributed by atoms with Crippen LogP contribution in [0.25, 0.3) is 0 Å². The molecule has 17 heavy (non-hydrogen) atoms. The van der Waals surface area contributed by atoms with Crippen LogP contribution in [0.3, 0.4) is 0 Å². The highest BCUT2D eigenvalue weighted by atomic mass is 16.5. The quantitative estimate of drug-likeness (QED) is 0.367. The fourth-order valence-electron chi connectivity index (χ4n) is 1.35. The van der Waals surface area contributed by atoms with Crippen LogP contribution in [0.5, 0.6) is 0 Å². The van der Waals surface area contributed by atoms with Gasteiger partial charge in [0.1, 0.15) is 5.92 Å². The smallest absolute Gasteiger partial charge is 0.375 e. The lowest BCUT2D eigenvalue weighted by atomic mass is 9.97. The summed E-state index contributed by atoms with van der Waals surface area (Å²) in [6, 6.07) is 0. The normalized spacial score (nSPS) is 11.7. The number of ketones is 1. The zero-order valence-corrected chi connectivity index (χ0v) is 10.7. The lowest BCUT2D eigenvalue weighted by molar-refractivity contribution is -0.162. The number of esters is 2. The summed E-state index contributed by atoms with van der Waals surface area (Å²) in [6.45, 7) is 5.52. The third-order valence-electron chi connectivity index (χ3n) is 2.21. The maximum Gasteiger partial charge on any atom is 0.375 e. The van der Waals surface area contributed by atoms with Gasteiger partial charge in [0.05, 0.1) is 13.2 Å². The molecule has 0 saturated heterocycles. The number of Topliss-reactive ketones (excluding diaryl/α,β-unsaturated/α-hetero) is 1. The van der Waals surface area contributed by atoms with E-state index < -0.39 is 23.6 Å². The van der Waals surface area contributed by atoms with Crippen molar-refractivity contribution in [2.24, 2.45) is 5.92 Å². The van der Waals surface area contributed by atoms with E-state index in [0.717, 1.165) is 6.42 Å². The number of hydrogen-bond acceptors (Lipinski definition) is 5. The third kappa shape index (κ3) is 5.47. The van der Waals surface area contributed by atoms with E-state index in [1.807, 2.05) is 6.92 Å². The molecule has 5 nitrogen and oxygen atoms in total. The minimum absolute atomic E-state index is 0.119. The average Bonchev–Trinajstić information content (AvgIpc) is 2.30. The number of unbranched alkanes of at least 4 members (excludes halogenated alkanes) is 1. The molecule has 0 rings (SSSR count). The second-order valence-electron chi connectivity index (χ2n) is 3.53. The molecule has 0 heterocycles. The van der Waals surface area contributed by atoms with E-state index >= 15 is 0 Å². The van der Waals surface area contributed by atoms with Crippen LogP contribution in [0.4, 0.5) is 0 Å². The van der Waals surface area contributed by atoms with Crippen molar-refractivity contribution in [2.75, 3.05) is 13.2 Å². The molecule has 1 atom stereocenters. The average molecular weight is 244 g/mol. The van der Waals surface area contributed by atoms with E-state index in [1.54, 1.807) is 13.8 Å². The molecule has 98 valence electrons. The molecule has 0 fully saturated rings. The molecule has 0 aromatic carbocycles.